The summed E-state index contributed by atoms with van der Waals surface area (Å²) in [6.07, 6.45) is 5.49. The molecule has 3 aromatic rings. The third-order valence-corrected chi connectivity index (χ3v) is 4.40. The molecule has 0 aliphatic carbocycles. The van der Waals surface area contributed by atoms with Crippen molar-refractivity contribution >= 4 is 40.6 Å². The second-order valence-corrected chi connectivity index (χ2v) is 6.01. The summed E-state index contributed by atoms with van der Waals surface area (Å²) in [6.45, 7) is 2.24. The van der Waals surface area contributed by atoms with Gasteiger partial charge in [0.2, 0.25) is 5.89 Å². The Morgan fingerprint density at radius 2 is 2.08 bits per heavy atom. The van der Waals surface area contributed by atoms with Crippen LogP contribution in [0.3, 0.4) is 0 Å². The van der Waals surface area contributed by atoms with Gasteiger partial charge in [-0.3, -0.25) is 9.78 Å². The first-order chi connectivity index (χ1) is 12.3. The Hall–Kier alpha value is -2.64. The van der Waals surface area contributed by atoms with E-state index in [1.165, 1.54) is 19.1 Å². The third kappa shape index (κ3) is 3.36. The molecule has 3 heterocycles. The predicted octanol–water partition coefficient (Wildman–Crippen LogP) is 2.96. The molecule has 3 N–H and O–H groups in total. The van der Waals surface area contributed by atoms with Crippen molar-refractivity contribution in [3.8, 4) is 0 Å². The fourth-order valence-electron chi connectivity index (χ4n) is 3.18. The molecule has 0 spiro atoms. The van der Waals surface area contributed by atoms with Crippen molar-refractivity contribution in [2.24, 2.45) is 5.73 Å². The summed E-state index contributed by atoms with van der Waals surface area (Å²) in [5, 5.41) is 3.80. The fourth-order valence-corrected chi connectivity index (χ4v) is 3.18. The number of amides is 1. The molecule has 0 atom stereocenters. The van der Waals surface area contributed by atoms with Gasteiger partial charge in [0.05, 0.1) is 23.4 Å². The molecular weight excluding hydrogens is 354 g/mol. The van der Waals surface area contributed by atoms with E-state index in [1.807, 2.05) is 24.3 Å². The van der Waals surface area contributed by atoms with E-state index >= 15 is 0 Å². The lowest BCUT2D eigenvalue weighted by Crippen LogP contribution is -2.19. The predicted molar refractivity (Wildman–Crippen MR) is 103 cm³/mol. The van der Waals surface area contributed by atoms with Crippen LogP contribution >= 0.6 is 12.4 Å². The van der Waals surface area contributed by atoms with Crippen molar-refractivity contribution in [2.75, 3.05) is 23.3 Å². The summed E-state index contributed by atoms with van der Waals surface area (Å²) in [4.78, 5) is 23.4. The first-order valence-electron chi connectivity index (χ1n) is 8.35. The summed E-state index contributed by atoms with van der Waals surface area (Å²) in [6, 6.07) is 7.77. The molecule has 26 heavy (non-hydrogen) atoms. The summed E-state index contributed by atoms with van der Waals surface area (Å²) in [7, 11) is 0. The van der Waals surface area contributed by atoms with Gasteiger partial charge in [0, 0.05) is 24.7 Å². The largest absolute Gasteiger partial charge is 0.447 e. The number of pyridine rings is 1. The van der Waals surface area contributed by atoms with Gasteiger partial charge in [0.25, 0.3) is 5.91 Å². The molecule has 2 aromatic heterocycles. The molecule has 1 aliphatic heterocycles. The Balaban J connectivity index is 0.00000196. The lowest BCUT2D eigenvalue weighted by atomic mass is 10.1. The van der Waals surface area contributed by atoms with E-state index in [-0.39, 0.29) is 30.6 Å². The highest BCUT2D eigenvalue weighted by Gasteiger charge is 2.18. The maximum absolute atomic E-state index is 12.4. The molecule has 0 radical (unpaired) electrons. The number of nitrogens with zero attached hydrogens (tertiary/aromatic N) is 3. The van der Waals surface area contributed by atoms with Crippen molar-refractivity contribution in [1.29, 1.82) is 0 Å². The summed E-state index contributed by atoms with van der Waals surface area (Å²) >= 11 is 0. The molecule has 0 bridgehead atoms. The minimum atomic E-state index is -0.331. The first kappa shape index (κ1) is 18.2. The van der Waals surface area contributed by atoms with Crippen LogP contribution in [0.5, 0.6) is 0 Å². The van der Waals surface area contributed by atoms with Crippen molar-refractivity contribution in [1.82, 2.24) is 9.97 Å². The van der Waals surface area contributed by atoms with Gasteiger partial charge < -0.3 is 20.4 Å². The van der Waals surface area contributed by atoms with Crippen molar-refractivity contribution in [3.63, 3.8) is 0 Å². The van der Waals surface area contributed by atoms with E-state index in [9.17, 15) is 4.79 Å². The third-order valence-electron chi connectivity index (χ3n) is 4.40. The van der Waals surface area contributed by atoms with Crippen LogP contribution in [0.1, 0.15) is 29.2 Å². The quantitative estimate of drug-likeness (QED) is 0.729. The number of hydrogen-bond acceptors (Lipinski definition) is 6. The number of rotatable bonds is 4. The lowest BCUT2D eigenvalue weighted by molar-refractivity contribution is 0.102. The van der Waals surface area contributed by atoms with Crippen LogP contribution in [0.4, 0.5) is 11.4 Å². The zero-order chi connectivity index (χ0) is 17.2. The number of fused-ring (bicyclic) bond motifs is 1. The van der Waals surface area contributed by atoms with Gasteiger partial charge in [-0.25, -0.2) is 4.98 Å². The molecule has 1 fully saturated rings. The Bertz CT molecular complexity index is 921. The molecule has 7 nitrogen and oxygen atoms in total. The Labute approximate surface area is 157 Å². The highest BCUT2D eigenvalue weighted by molar-refractivity contribution is 6.09. The van der Waals surface area contributed by atoms with Crippen LogP contribution in [0.15, 0.2) is 41.1 Å². The second kappa shape index (κ2) is 7.72. The number of anilines is 2. The molecule has 1 aliphatic rings. The zero-order valence-electron chi connectivity index (χ0n) is 14.1. The highest BCUT2D eigenvalue weighted by atomic mass is 35.5. The summed E-state index contributed by atoms with van der Waals surface area (Å²) in [5.41, 5.74) is 8.38. The number of halogens is 1. The van der Waals surface area contributed by atoms with E-state index in [2.05, 4.69) is 20.2 Å². The van der Waals surface area contributed by atoms with Crippen LogP contribution in [0.2, 0.25) is 0 Å². The zero-order valence-corrected chi connectivity index (χ0v) is 15.0. The fraction of sp³-hybridized carbons (Fsp3) is 0.278. The molecule has 136 valence electrons. The maximum atomic E-state index is 12.4. The van der Waals surface area contributed by atoms with Gasteiger partial charge in [-0.1, -0.05) is 0 Å². The standard InChI is InChI=1S/C18H19N5O2.ClH/c19-10-16-21-14(11-25-16)18(24)22-13-5-6-15(23-8-1-2-9-23)17-12(13)4-3-7-20-17;/h3-7,11H,1-2,8-10,19H2,(H,22,24);1H. The van der Waals surface area contributed by atoms with Crippen LogP contribution in [-0.4, -0.2) is 29.0 Å². The first-order valence-corrected chi connectivity index (χ1v) is 8.35. The highest BCUT2D eigenvalue weighted by Crippen LogP contribution is 2.32. The van der Waals surface area contributed by atoms with E-state index in [1.54, 1.807) is 6.20 Å². The number of oxazole rings is 1. The number of benzene rings is 1. The molecule has 1 aromatic carbocycles. The smallest absolute Gasteiger partial charge is 0.277 e. The van der Waals surface area contributed by atoms with Gasteiger partial charge in [-0.15, -0.1) is 12.4 Å². The number of nitrogens with one attached hydrogen (secondary N) is 1. The minimum absolute atomic E-state index is 0. The average Bonchev–Trinajstić information content (AvgIpc) is 3.34. The molecule has 0 unspecified atom stereocenters. The van der Waals surface area contributed by atoms with Gasteiger partial charge in [0.15, 0.2) is 5.69 Å². The van der Waals surface area contributed by atoms with Crippen LogP contribution in [-0.2, 0) is 6.54 Å². The Morgan fingerprint density at radius 3 is 2.81 bits per heavy atom. The normalized spacial score (nSPS) is 13.7. The van der Waals surface area contributed by atoms with E-state index in [0.29, 0.717) is 11.6 Å². The van der Waals surface area contributed by atoms with E-state index < -0.39 is 0 Å². The maximum Gasteiger partial charge on any atom is 0.277 e. The summed E-state index contributed by atoms with van der Waals surface area (Å²) in [5.74, 6) is 0.00332. The lowest BCUT2D eigenvalue weighted by Gasteiger charge is -2.20. The SMILES string of the molecule is Cl.NCc1nc(C(=O)Nc2ccc(N3CCCC3)c3ncccc23)co1. The molecule has 1 amide bonds. The van der Waals surface area contributed by atoms with Crippen LogP contribution < -0.4 is 16.0 Å². The van der Waals surface area contributed by atoms with Crippen molar-refractivity contribution in [2.45, 2.75) is 19.4 Å². The number of nitrogens with two attached hydrogens (primary N) is 1. The van der Waals surface area contributed by atoms with Gasteiger partial charge in [0.1, 0.15) is 6.26 Å². The van der Waals surface area contributed by atoms with Crippen molar-refractivity contribution in [3.05, 3.63) is 48.3 Å². The van der Waals surface area contributed by atoms with E-state index in [0.717, 1.165) is 29.7 Å². The van der Waals surface area contributed by atoms with E-state index in [4.69, 9.17) is 10.2 Å². The molecule has 8 heteroatoms. The van der Waals surface area contributed by atoms with Gasteiger partial charge in [-0.2, -0.15) is 0 Å². The van der Waals surface area contributed by atoms with Gasteiger partial charge in [-0.05, 0) is 37.1 Å². The topological polar surface area (TPSA) is 97.3 Å². The number of hydrogen-bond donors (Lipinski definition) is 2. The molecule has 1 saturated heterocycles. The van der Waals surface area contributed by atoms with Crippen molar-refractivity contribution < 1.29 is 9.21 Å². The molecule has 0 saturated carbocycles. The van der Waals surface area contributed by atoms with Gasteiger partial charge >= 0.3 is 0 Å². The minimum Gasteiger partial charge on any atom is -0.447 e. The monoisotopic (exact) mass is 373 g/mol. The average molecular weight is 374 g/mol. The summed E-state index contributed by atoms with van der Waals surface area (Å²) < 4.78 is 5.13. The number of carbonyl (C=O) groups is 1. The number of carbonyl (C=O) groups excluding carboxylic acids is 1. The Kier molecular flexibility index (Phi) is 5.39. The molecule has 4 rings (SSSR count). The molecular formula is C18H20ClN5O2. The second-order valence-electron chi connectivity index (χ2n) is 6.01. The van der Waals surface area contributed by atoms with Crippen LogP contribution in [0, 0.1) is 0 Å². The number of aromatic nitrogens is 2. The van der Waals surface area contributed by atoms with Crippen LogP contribution in [0.25, 0.3) is 10.9 Å². The Morgan fingerprint density at radius 1 is 1.27 bits per heavy atom.